The first-order valence-electron chi connectivity index (χ1n) is 5.02. The van der Waals surface area contributed by atoms with E-state index < -0.39 is 0 Å². The van der Waals surface area contributed by atoms with Crippen molar-refractivity contribution in [3.63, 3.8) is 0 Å². The smallest absolute Gasteiger partial charge is 0.124 e. The largest absolute Gasteiger partial charge is 0.364 e. The molecule has 1 N–H and O–H groups in total. The van der Waals surface area contributed by atoms with Crippen LogP contribution in [-0.4, -0.2) is 11.2 Å². The molecule has 1 heterocycles. The summed E-state index contributed by atoms with van der Waals surface area (Å²) in [6, 6.07) is 2.59. The minimum Gasteiger partial charge on any atom is -0.364 e. The highest BCUT2D eigenvalue weighted by Crippen LogP contribution is 2.33. The van der Waals surface area contributed by atoms with Gasteiger partial charge in [0, 0.05) is 18.7 Å². The van der Waals surface area contributed by atoms with Crippen LogP contribution in [0.15, 0.2) is 16.9 Å². The van der Waals surface area contributed by atoms with Crippen LogP contribution in [0.1, 0.15) is 31.9 Å². The van der Waals surface area contributed by atoms with Crippen molar-refractivity contribution in [2.75, 3.05) is 0 Å². The van der Waals surface area contributed by atoms with Gasteiger partial charge in [-0.15, -0.1) is 0 Å². The molecule has 0 spiro atoms. The van der Waals surface area contributed by atoms with E-state index in [9.17, 15) is 0 Å². The average molecular weight is 180 g/mol. The van der Waals surface area contributed by atoms with E-state index in [0.29, 0.717) is 6.04 Å². The lowest BCUT2D eigenvalue weighted by molar-refractivity contribution is 0.396. The van der Waals surface area contributed by atoms with Crippen molar-refractivity contribution >= 4 is 0 Å². The Morgan fingerprint density at radius 2 is 2.54 bits per heavy atom. The maximum atomic E-state index is 4.77. The number of rotatable bonds is 5. The zero-order valence-electron chi connectivity index (χ0n) is 7.99. The highest BCUT2D eigenvalue weighted by atomic mass is 16.5. The number of hydrogen-bond acceptors (Lipinski definition) is 3. The summed E-state index contributed by atoms with van der Waals surface area (Å²) in [5.74, 6) is 0.914. The van der Waals surface area contributed by atoms with E-state index in [-0.39, 0.29) is 0 Å². The Hall–Kier alpha value is -0.830. The summed E-state index contributed by atoms with van der Waals surface area (Å²) in [7, 11) is 0. The van der Waals surface area contributed by atoms with Crippen LogP contribution in [-0.2, 0) is 6.54 Å². The lowest BCUT2D eigenvalue weighted by Gasteiger charge is -2.14. The van der Waals surface area contributed by atoms with Gasteiger partial charge in [-0.25, -0.2) is 0 Å². The molecule has 3 nitrogen and oxygen atoms in total. The van der Waals surface area contributed by atoms with Crippen molar-refractivity contribution in [3.8, 4) is 0 Å². The summed E-state index contributed by atoms with van der Waals surface area (Å²) in [5.41, 5.74) is 0.999. The number of nitrogens with zero attached hydrogens (tertiary/aromatic N) is 1. The summed E-state index contributed by atoms with van der Waals surface area (Å²) in [4.78, 5) is 0. The van der Waals surface area contributed by atoms with E-state index in [2.05, 4.69) is 17.4 Å². The zero-order valence-corrected chi connectivity index (χ0v) is 7.99. The van der Waals surface area contributed by atoms with Crippen LogP contribution >= 0.6 is 0 Å². The minimum absolute atomic E-state index is 0.677. The van der Waals surface area contributed by atoms with Gasteiger partial charge in [-0.2, -0.15) is 0 Å². The molecular formula is C10H16N2O. The van der Waals surface area contributed by atoms with E-state index in [1.54, 1.807) is 6.26 Å². The molecule has 1 fully saturated rings. The highest BCUT2D eigenvalue weighted by molar-refractivity contribution is 4.96. The summed E-state index contributed by atoms with van der Waals surface area (Å²) in [5, 5.41) is 7.38. The second-order valence-corrected chi connectivity index (χ2v) is 3.72. The van der Waals surface area contributed by atoms with Gasteiger partial charge in [-0.3, -0.25) is 0 Å². The Bertz CT molecular complexity index is 241. The number of aromatic nitrogens is 1. The highest BCUT2D eigenvalue weighted by Gasteiger charge is 2.29. The normalized spacial score (nSPS) is 18.8. The van der Waals surface area contributed by atoms with Crippen molar-refractivity contribution < 1.29 is 4.52 Å². The molecule has 0 aliphatic heterocycles. The van der Waals surface area contributed by atoms with E-state index in [0.717, 1.165) is 18.2 Å². The third-order valence-electron chi connectivity index (χ3n) is 2.67. The van der Waals surface area contributed by atoms with Gasteiger partial charge in [0.05, 0.1) is 5.69 Å². The molecule has 0 bridgehead atoms. The van der Waals surface area contributed by atoms with E-state index in [4.69, 9.17) is 4.52 Å². The second kappa shape index (κ2) is 3.92. The molecule has 0 amide bonds. The van der Waals surface area contributed by atoms with Gasteiger partial charge in [-0.1, -0.05) is 12.1 Å². The molecule has 1 aromatic rings. The molecule has 0 saturated heterocycles. The van der Waals surface area contributed by atoms with Gasteiger partial charge >= 0.3 is 0 Å². The molecular weight excluding hydrogens is 164 g/mol. The van der Waals surface area contributed by atoms with Crippen molar-refractivity contribution in [1.29, 1.82) is 0 Å². The van der Waals surface area contributed by atoms with Crippen molar-refractivity contribution in [1.82, 2.24) is 10.5 Å². The van der Waals surface area contributed by atoms with Gasteiger partial charge < -0.3 is 9.84 Å². The molecule has 2 rings (SSSR count). The lowest BCUT2D eigenvalue weighted by Crippen LogP contribution is -2.29. The lowest BCUT2D eigenvalue weighted by atomic mass is 10.1. The first-order valence-corrected chi connectivity index (χ1v) is 5.02. The predicted molar refractivity (Wildman–Crippen MR) is 50.1 cm³/mol. The van der Waals surface area contributed by atoms with Gasteiger partial charge in [0.15, 0.2) is 0 Å². The summed E-state index contributed by atoms with van der Waals surface area (Å²) < 4.78 is 4.77. The predicted octanol–water partition coefficient (Wildman–Crippen LogP) is 1.95. The standard InChI is InChI=1S/C10H16N2O/c1-2-10(8-3-4-8)11-7-9-5-6-13-12-9/h5-6,8,10-11H,2-4,7H2,1H3. The molecule has 1 unspecified atom stereocenters. The monoisotopic (exact) mass is 180 g/mol. The fourth-order valence-electron chi connectivity index (χ4n) is 1.71. The fourth-order valence-corrected chi connectivity index (χ4v) is 1.71. The Morgan fingerprint density at radius 3 is 3.08 bits per heavy atom. The zero-order chi connectivity index (χ0) is 9.10. The molecule has 13 heavy (non-hydrogen) atoms. The maximum Gasteiger partial charge on any atom is 0.124 e. The second-order valence-electron chi connectivity index (χ2n) is 3.72. The van der Waals surface area contributed by atoms with Crippen molar-refractivity contribution in [3.05, 3.63) is 18.0 Å². The van der Waals surface area contributed by atoms with Crippen LogP contribution in [0.4, 0.5) is 0 Å². The number of nitrogens with one attached hydrogen (secondary N) is 1. The Balaban J connectivity index is 1.77. The fraction of sp³-hybridized carbons (Fsp3) is 0.700. The molecule has 1 aliphatic carbocycles. The summed E-state index contributed by atoms with van der Waals surface area (Å²) >= 11 is 0. The average Bonchev–Trinajstić information content (AvgIpc) is 2.84. The van der Waals surface area contributed by atoms with Crippen LogP contribution in [0.25, 0.3) is 0 Å². The van der Waals surface area contributed by atoms with Gasteiger partial charge in [0.2, 0.25) is 0 Å². The van der Waals surface area contributed by atoms with Crippen LogP contribution in [0.2, 0.25) is 0 Å². The molecule has 1 atom stereocenters. The third kappa shape index (κ3) is 2.31. The van der Waals surface area contributed by atoms with Crippen LogP contribution in [0, 0.1) is 5.92 Å². The molecule has 0 radical (unpaired) electrons. The van der Waals surface area contributed by atoms with Gasteiger partial charge in [0.25, 0.3) is 0 Å². The molecule has 1 aliphatic rings. The molecule has 0 aromatic carbocycles. The van der Waals surface area contributed by atoms with Crippen LogP contribution < -0.4 is 5.32 Å². The van der Waals surface area contributed by atoms with E-state index in [1.807, 2.05) is 6.07 Å². The van der Waals surface area contributed by atoms with Gasteiger partial charge in [0.1, 0.15) is 6.26 Å². The molecule has 72 valence electrons. The SMILES string of the molecule is CCC(NCc1ccon1)C1CC1. The summed E-state index contributed by atoms with van der Waals surface area (Å²) in [6.45, 7) is 3.07. The van der Waals surface area contributed by atoms with E-state index in [1.165, 1.54) is 19.3 Å². The Labute approximate surface area is 78.5 Å². The topological polar surface area (TPSA) is 38.1 Å². The van der Waals surface area contributed by atoms with Crippen molar-refractivity contribution in [2.45, 2.75) is 38.8 Å². The Morgan fingerprint density at radius 1 is 1.69 bits per heavy atom. The maximum absolute atomic E-state index is 4.77. The van der Waals surface area contributed by atoms with E-state index >= 15 is 0 Å². The Kier molecular flexibility index (Phi) is 2.64. The molecule has 1 saturated carbocycles. The quantitative estimate of drug-likeness (QED) is 0.752. The van der Waals surface area contributed by atoms with Gasteiger partial charge in [-0.05, 0) is 25.2 Å². The van der Waals surface area contributed by atoms with Crippen LogP contribution in [0.5, 0.6) is 0 Å². The molecule has 1 aromatic heterocycles. The third-order valence-corrected chi connectivity index (χ3v) is 2.67. The van der Waals surface area contributed by atoms with Crippen LogP contribution in [0.3, 0.4) is 0 Å². The first kappa shape index (κ1) is 8.75. The first-order chi connectivity index (χ1) is 6.40. The minimum atomic E-state index is 0.677. The number of hydrogen-bond donors (Lipinski definition) is 1. The molecule has 3 heteroatoms. The van der Waals surface area contributed by atoms with Crippen molar-refractivity contribution in [2.24, 2.45) is 5.92 Å². The summed E-state index contributed by atoms with van der Waals surface area (Å²) in [6.07, 6.45) is 5.62.